The fourth-order valence-electron chi connectivity index (χ4n) is 6.11. The van der Waals surface area contributed by atoms with Gasteiger partial charge in [-0.25, -0.2) is 19.4 Å². The van der Waals surface area contributed by atoms with Crippen molar-refractivity contribution in [2.45, 2.75) is 71.8 Å². The molecule has 2 aliphatic heterocycles. The molecule has 3 aromatic rings. The first-order valence-corrected chi connectivity index (χ1v) is 16.4. The van der Waals surface area contributed by atoms with Crippen LogP contribution in [0, 0.1) is 0 Å². The zero-order valence-electron chi connectivity index (χ0n) is 28.8. The third kappa shape index (κ3) is 7.12. The van der Waals surface area contributed by atoms with Gasteiger partial charge in [0.2, 0.25) is 0 Å². The van der Waals surface area contributed by atoms with Crippen LogP contribution in [0.1, 0.15) is 63.3 Å². The molecule has 0 saturated carbocycles. The van der Waals surface area contributed by atoms with Crippen molar-refractivity contribution >= 4 is 29.1 Å². The van der Waals surface area contributed by atoms with E-state index in [4.69, 9.17) is 29.0 Å². The topological polar surface area (TPSA) is 170 Å². The van der Waals surface area contributed by atoms with E-state index in [0.717, 1.165) is 16.5 Å². The molecule has 14 nitrogen and oxygen atoms in total. The predicted octanol–water partition coefficient (Wildman–Crippen LogP) is 3.32. The lowest BCUT2D eigenvalue weighted by Gasteiger charge is -2.31. The van der Waals surface area contributed by atoms with Crippen LogP contribution in [-0.4, -0.2) is 99.8 Å². The van der Waals surface area contributed by atoms with Crippen molar-refractivity contribution in [1.29, 1.82) is 0 Å². The smallest absolute Gasteiger partial charge is 0.415 e. The lowest BCUT2D eigenvalue weighted by Crippen LogP contribution is -2.44. The number of ether oxygens (including phenoxy) is 4. The molecular formula is C35H44N4O10. The first-order chi connectivity index (χ1) is 23.2. The van der Waals surface area contributed by atoms with Gasteiger partial charge in [0, 0.05) is 43.2 Å². The van der Waals surface area contributed by atoms with E-state index in [2.05, 4.69) is 0 Å². The van der Waals surface area contributed by atoms with Crippen LogP contribution in [0.2, 0.25) is 0 Å². The van der Waals surface area contributed by atoms with Gasteiger partial charge >= 0.3 is 18.2 Å². The summed E-state index contributed by atoms with van der Waals surface area (Å²) in [5.74, 6) is -0.498. The largest absolute Gasteiger partial charge is 0.458 e. The number of carbonyl (C=O) groups is 3. The van der Waals surface area contributed by atoms with E-state index in [9.17, 15) is 24.3 Å². The molecule has 14 heteroatoms. The van der Waals surface area contributed by atoms with E-state index in [1.807, 2.05) is 6.92 Å². The summed E-state index contributed by atoms with van der Waals surface area (Å²) in [7, 11) is 1.58. The quantitative estimate of drug-likeness (QED) is 0.176. The molecule has 0 bridgehead atoms. The summed E-state index contributed by atoms with van der Waals surface area (Å²) in [4.78, 5) is 59.8. The summed E-state index contributed by atoms with van der Waals surface area (Å²) < 4.78 is 23.4. The van der Waals surface area contributed by atoms with Gasteiger partial charge in [-0.2, -0.15) is 0 Å². The zero-order chi connectivity index (χ0) is 35.7. The molecule has 5 rings (SSSR count). The number of aliphatic hydroxyl groups excluding tert-OH is 1. The van der Waals surface area contributed by atoms with Crippen LogP contribution in [0.3, 0.4) is 0 Å². The molecule has 4 heterocycles. The molecule has 1 atom stereocenters. The van der Waals surface area contributed by atoms with Gasteiger partial charge in [0.15, 0.2) is 5.60 Å². The summed E-state index contributed by atoms with van der Waals surface area (Å²) in [5, 5.41) is 21.0. The minimum atomic E-state index is -1.92. The molecule has 0 aliphatic carbocycles. The summed E-state index contributed by atoms with van der Waals surface area (Å²) in [6.45, 7) is 9.59. The molecule has 2 aliphatic rings. The third-order valence-corrected chi connectivity index (χ3v) is 8.75. The van der Waals surface area contributed by atoms with Crippen molar-refractivity contribution in [1.82, 2.24) is 19.4 Å². The van der Waals surface area contributed by atoms with Gasteiger partial charge in [0.1, 0.15) is 18.0 Å². The first kappa shape index (κ1) is 35.8. The summed E-state index contributed by atoms with van der Waals surface area (Å²) >= 11 is 0. The number of pyridine rings is 2. The van der Waals surface area contributed by atoms with Gasteiger partial charge in [0.25, 0.3) is 5.56 Å². The maximum absolute atomic E-state index is 13.6. The van der Waals surface area contributed by atoms with E-state index in [1.54, 1.807) is 63.6 Å². The van der Waals surface area contributed by atoms with E-state index in [1.165, 1.54) is 9.80 Å². The number of likely N-dealkylation sites (N-methyl/N-ethyl adjacent to an activating group) is 1. The van der Waals surface area contributed by atoms with Crippen molar-refractivity contribution < 1.29 is 43.5 Å². The van der Waals surface area contributed by atoms with Crippen LogP contribution in [0.25, 0.3) is 22.3 Å². The van der Waals surface area contributed by atoms with Crippen molar-refractivity contribution in [2.75, 3.05) is 46.5 Å². The van der Waals surface area contributed by atoms with E-state index >= 15 is 0 Å². The number of aryl methyl sites for hydroxylation is 1. The number of hydrogen-bond acceptors (Lipinski definition) is 11. The van der Waals surface area contributed by atoms with Crippen LogP contribution in [-0.2, 0) is 44.2 Å². The van der Waals surface area contributed by atoms with Gasteiger partial charge < -0.3 is 43.5 Å². The Balaban J connectivity index is 1.42. The average Bonchev–Trinajstić information content (AvgIpc) is 3.42. The molecule has 0 spiro atoms. The van der Waals surface area contributed by atoms with Crippen LogP contribution >= 0.6 is 0 Å². The Hall–Kier alpha value is -4.53. The number of esters is 1. The summed E-state index contributed by atoms with van der Waals surface area (Å²) in [5.41, 5.74) is 1.05. The fraction of sp³-hybridized carbons (Fsp3) is 0.514. The molecule has 2 amide bonds. The number of amides is 2. The number of cyclic esters (lactones) is 1. The van der Waals surface area contributed by atoms with Crippen molar-refractivity contribution in [3.63, 3.8) is 0 Å². The van der Waals surface area contributed by atoms with Crippen LogP contribution in [0.4, 0.5) is 9.59 Å². The monoisotopic (exact) mass is 680 g/mol. The zero-order valence-corrected chi connectivity index (χ0v) is 28.8. The molecule has 0 unspecified atom stereocenters. The minimum absolute atomic E-state index is 0.0506. The van der Waals surface area contributed by atoms with E-state index < -0.39 is 29.4 Å². The highest BCUT2D eigenvalue weighted by atomic mass is 16.6. The highest BCUT2D eigenvalue weighted by Crippen LogP contribution is 2.40. The maximum Gasteiger partial charge on any atom is 0.415 e. The van der Waals surface area contributed by atoms with Gasteiger partial charge in [0.05, 0.1) is 48.8 Å². The molecular weight excluding hydrogens is 636 g/mol. The Morgan fingerprint density at radius 3 is 2.49 bits per heavy atom. The van der Waals surface area contributed by atoms with Crippen molar-refractivity contribution in [3.05, 3.63) is 56.9 Å². The molecule has 49 heavy (non-hydrogen) atoms. The second kappa shape index (κ2) is 14.1. The molecule has 2 aromatic heterocycles. The Morgan fingerprint density at radius 1 is 1.06 bits per heavy atom. The fourth-order valence-corrected chi connectivity index (χ4v) is 6.11. The molecule has 0 saturated heterocycles. The SMILES string of the molecule is CCc1c2c(nc3ccc(OC(=O)N(CCOCCO)CCN(C)C(=O)OC(C)(C)C)cc13)-c1cc3c(c(=O)n1C2)COC(=O)[C@]3(O)CC. The summed E-state index contributed by atoms with van der Waals surface area (Å²) in [6.07, 6.45) is -0.532. The second-order valence-electron chi connectivity index (χ2n) is 13.1. The highest BCUT2D eigenvalue weighted by molar-refractivity contribution is 5.90. The number of fused-ring (bicyclic) bond motifs is 5. The first-order valence-electron chi connectivity index (χ1n) is 16.4. The van der Waals surface area contributed by atoms with Gasteiger partial charge in [-0.3, -0.25) is 4.79 Å². The minimum Gasteiger partial charge on any atom is -0.458 e. The maximum atomic E-state index is 13.6. The van der Waals surface area contributed by atoms with Crippen LogP contribution in [0.15, 0.2) is 29.1 Å². The number of nitrogens with zero attached hydrogens (tertiary/aromatic N) is 4. The number of rotatable bonds is 11. The lowest BCUT2D eigenvalue weighted by atomic mass is 9.86. The van der Waals surface area contributed by atoms with Crippen LogP contribution < -0.4 is 10.3 Å². The third-order valence-electron chi connectivity index (χ3n) is 8.75. The lowest BCUT2D eigenvalue weighted by molar-refractivity contribution is -0.172. The number of benzene rings is 1. The number of hydrogen-bond donors (Lipinski definition) is 2. The Morgan fingerprint density at radius 2 is 1.82 bits per heavy atom. The number of aliphatic hydroxyl groups is 2. The Labute approximate surface area is 284 Å². The van der Waals surface area contributed by atoms with Gasteiger partial charge in [-0.1, -0.05) is 13.8 Å². The Kier molecular flexibility index (Phi) is 10.3. The van der Waals surface area contributed by atoms with Crippen molar-refractivity contribution in [2.24, 2.45) is 0 Å². The summed E-state index contributed by atoms with van der Waals surface area (Å²) in [6, 6.07) is 6.79. The highest BCUT2D eigenvalue weighted by Gasteiger charge is 2.45. The average molecular weight is 681 g/mol. The molecule has 2 N–H and O–H groups in total. The van der Waals surface area contributed by atoms with Gasteiger partial charge in [-0.15, -0.1) is 0 Å². The molecule has 0 fully saturated rings. The van der Waals surface area contributed by atoms with Gasteiger partial charge in [-0.05, 0) is 63.4 Å². The number of carbonyl (C=O) groups excluding carboxylic acids is 3. The second-order valence-corrected chi connectivity index (χ2v) is 13.1. The standard InChI is InChI=1S/C35H44N4O10/c1-7-22-23-17-21(48-33(44)38(13-15-46-16-14-40)12-11-37(6)32(43)49-34(3,4)5)9-10-27(23)36-29-24(22)19-39-28(29)18-26-25(30(39)41)20-47-31(42)35(26,45)8-2/h9-10,17-18,40,45H,7-8,11-16,19-20H2,1-6H3/t35-/m0/s1. The number of aromatic nitrogens is 2. The predicted molar refractivity (Wildman–Crippen MR) is 178 cm³/mol. The van der Waals surface area contributed by atoms with Crippen LogP contribution in [0.5, 0.6) is 5.75 Å². The molecule has 0 radical (unpaired) electrons. The van der Waals surface area contributed by atoms with E-state index in [-0.39, 0.29) is 81.5 Å². The van der Waals surface area contributed by atoms with E-state index in [0.29, 0.717) is 23.3 Å². The molecule has 1 aromatic carbocycles. The molecule has 264 valence electrons. The van der Waals surface area contributed by atoms with Crippen molar-refractivity contribution in [3.8, 4) is 17.1 Å². The Bertz CT molecular complexity index is 1830. The normalized spacial score (nSPS) is 16.4.